The standard InChI is InChI=1S/C39H50BN7O5/c1-25-23-51-38-35-31(16-32(40)36(38)44-13-9-39(10-14-44)17-30(48)24-52-39)37(49)27(21-47(25)35)20-46(19-26-8-11-42-34(15-26)50-3)29-5-4-12-45(22-29)28-6-7-33(41-2)43-18-28/h6-8,11,15-16,18,21,25,29-30,34,42,48H,4-5,9-10,12-14,17,19-20,22-24H2,1-3H3,(H,41,43). The van der Waals surface area contributed by atoms with Crippen molar-refractivity contribution in [2.24, 2.45) is 0 Å². The predicted octanol–water partition coefficient (Wildman–Crippen LogP) is 2.79. The Morgan fingerprint density at radius 2 is 2.04 bits per heavy atom. The molecule has 0 aliphatic carbocycles. The number of ether oxygens (including phenoxy) is 3. The van der Waals surface area contributed by atoms with Gasteiger partial charge in [0.15, 0.2) is 11.2 Å². The highest BCUT2D eigenvalue weighted by Gasteiger charge is 2.43. The van der Waals surface area contributed by atoms with Gasteiger partial charge in [0.05, 0.1) is 47.4 Å². The number of aliphatic hydroxyl groups excluding tert-OH is 1. The molecule has 3 fully saturated rings. The second kappa shape index (κ2) is 14.4. The van der Waals surface area contributed by atoms with Gasteiger partial charge in [-0.1, -0.05) is 11.5 Å². The summed E-state index contributed by atoms with van der Waals surface area (Å²) in [5.74, 6) is 1.53. The van der Waals surface area contributed by atoms with E-state index < -0.39 is 6.10 Å². The molecule has 7 heterocycles. The van der Waals surface area contributed by atoms with Crippen molar-refractivity contribution in [3.05, 3.63) is 70.3 Å². The Balaban J connectivity index is 1.13. The Bertz CT molecular complexity index is 1910. The van der Waals surface area contributed by atoms with E-state index in [0.717, 1.165) is 85.7 Å². The maximum atomic E-state index is 14.6. The first kappa shape index (κ1) is 35.0. The van der Waals surface area contributed by atoms with Crippen molar-refractivity contribution in [2.45, 2.75) is 75.6 Å². The molecule has 2 aromatic heterocycles. The van der Waals surface area contributed by atoms with Crippen LogP contribution in [0, 0.1) is 0 Å². The Labute approximate surface area is 306 Å². The minimum Gasteiger partial charge on any atom is -0.487 e. The van der Waals surface area contributed by atoms with E-state index in [4.69, 9.17) is 22.1 Å². The van der Waals surface area contributed by atoms with Crippen LogP contribution in [-0.2, 0) is 16.0 Å². The molecule has 1 aromatic carbocycles. The fourth-order valence-electron chi connectivity index (χ4n) is 8.83. The number of anilines is 3. The van der Waals surface area contributed by atoms with E-state index in [-0.39, 0.29) is 29.3 Å². The van der Waals surface area contributed by atoms with Crippen LogP contribution in [-0.4, -0.2) is 111 Å². The number of aliphatic hydroxyl groups is 1. The Morgan fingerprint density at radius 3 is 2.77 bits per heavy atom. The highest BCUT2D eigenvalue weighted by molar-refractivity contribution is 6.37. The maximum Gasteiger partial charge on any atom is 0.193 e. The minimum absolute atomic E-state index is 0.0106. The zero-order valence-electron chi connectivity index (χ0n) is 30.5. The highest BCUT2D eigenvalue weighted by atomic mass is 16.5. The molecule has 3 saturated heterocycles. The van der Waals surface area contributed by atoms with Gasteiger partial charge in [0.1, 0.15) is 26.5 Å². The smallest absolute Gasteiger partial charge is 0.193 e. The van der Waals surface area contributed by atoms with Crippen molar-refractivity contribution in [2.75, 3.05) is 75.2 Å². The van der Waals surface area contributed by atoms with Gasteiger partial charge in [0.2, 0.25) is 0 Å². The van der Waals surface area contributed by atoms with Crippen LogP contribution in [0.25, 0.3) is 10.9 Å². The summed E-state index contributed by atoms with van der Waals surface area (Å²) in [6.45, 7) is 7.46. The first-order valence-corrected chi connectivity index (χ1v) is 18.7. The van der Waals surface area contributed by atoms with Crippen molar-refractivity contribution in [3.63, 3.8) is 0 Å². The lowest BCUT2D eigenvalue weighted by atomic mass is 9.85. The Morgan fingerprint density at radius 1 is 1.19 bits per heavy atom. The first-order valence-electron chi connectivity index (χ1n) is 18.7. The minimum atomic E-state index is -0.400. The van der Waals surface area contributed by atoms with Crippen molar-refractivity contribution in [1.82, 2.24) is 19.8 Å². The summed E-state index contributed by atoms with van der Waals surface area (Å²) in [5.41, 5.74) is 4.92. The number of nitrogens with zero attached hydrogens (tertiary/aromatic N) is 5. The predicted molar refractivity (Wildman–Crippen MR) is 205 cm³/mol. The number of nitrogens with one attached hydrogen (secondary N) is 2. The number of hydrogen-bond donors (Lipinski definition) is 3. The average molecular weight is 708 g/mol. The van der Waals surface area contributed by atoms with E-state index in [1.807, 2.05) is 31.6 Å². The van der Waals surface area contributed by atoms with Gasteiger partial charge in [-0.3, -0.25) is 9.69 Å². The van der Waals surface area contributed by atoms with E-state index >= 15 is 0 Å². The molecule has 1 spiro atoms. The van der Waals surface area contributed by atoms with Crippen LogP contribution in [0.1, 0.15) is 50.6 Å². The summed E-state index contributed by atoms with van der Waals surface area (Å²) in [6, 6.07) is 6.25. The summed E-state index contributed by atoms with van der Waals surface area (Å²) in [6.07, 6.45) is 13.9. The lowest BCUT2D eigenvalue weighted by molar-refractivity contribution is -0.0167. The molecule has 3 aromatic rings. The molecule has 0 amide bonds. The molecule has 0 bridgehead atoms. The molecule has 2 radical (unpaired) electrons. The summed E-state index contributed by atoms with van der Waals surface area (Å²) in [7, 11) is 10.4. The van der Waals surface area contributed by atoms with Crippen LogP contribution in [0.2, 0.25) is 0 Å². The van der Waals surface area contributed by atoms with Crippen LogP contribution in [0.5, 0.6) is 5.75 Å². The number of hydrogen-bond acceptors (Lipinski definition) is 11. The topological polar surface area (TPSA) is 117 Å². The summed E-state index contributed by atoms with van der Waals surface area (Å²) >= 11 is 0. The molecule has 274 valence electrons. The van der Waals surface area contributed by atoms with Crippen molar-refractivity contribution >= 4 is 41.4 Å². The van der Waals surface area contributed by atoms with E-state index in [0.29, 0.717) is 49.3 Å². The van der Waals surface area contributed by atoms with Crippen LogP contribution >= 0.6 is 0 Å². The molecule has 13 heteroatoms. The monoisotopic (exact) mass is 707 g/mol. The number of methoxy groups -OCH3 is 1. The second-order valence-electron chi connectivity index (χ2n) is 15.1. The highest BCUT2D eigenvalue weighted by Crippen LogP contribution is 2.42. The first-order chi connectivity index (χ1) is 25.2. The van der Waals surface area contributed by atoms with Crippen LogP contribution < -0.4 is 36.1 Å². The molecule has 8 rings (SSSR count). The molecule has 4 atom stereocenters. The SMILES string of the molecule is [B]c1cc2c(=O)c(CN(CC3=CC(OC)NC=C3)C3CCCN(c4ccc(NC)nc4)C3)cn3c2c(c1N1CCC2(CC1)CC(O)CO2)OCC3C. The third-order valence-corrected chi connectivity index (χ3v) is 11.7. The van der Waals surface area contributed by atoms with Crippen LogP contribution in [0.15, 0.2) is 59.3 Å². The fourth-order valence-corrected chi connectivity index (χ4v) is 8.83. The number of piperidine rings is 2. The third-order valence-electron chi connectivity index (χ3n) is 11.7. The van der Waals surface area contributed by atoms with Gasteiger partial charge in [0, 0.05) is 83.0 Å². The van der Waals surface area contributed by atoms with Crippen LogP contribution in [0.3, 0.4) is 0 Å². The van der Waals surface area contributed by atoms with Crippen LogP contribution in [0.4, 0.5) is 17.2 Å². The fraction of sp³-hybridized carbons (Fsp3) is 0.538. The zero-order valence-corrected chi connectivity index (χ0v) is 30.5. The maximum absolute atomic E-state index is 14.6. The van der Waals surface area contributed by atoms with Crippen molar-refractivity contribution in [1.29, 1.82) is 0 Å². The van der Waals surface area contributed by atoms with Gasteiger partial charge in [-0.25, -0.2) is 4.98 Å². The number of pyridine rings is 2. The van der Waals surface area contributed by atoms with E-state index in [1.54, 1.807) is 7.11 Å². The zero-order chi connectivity index (χ0) is 36.0. The average Bonchev–Trinajstić information content (AvgIpc) is 3.53. The molecule has 3 N–H and O–H groups in total. The molecule has 5 aliphatic heterocycles. The van der Waals surface area contributed by atoms with Gasteiger partial charge in [0.25, 0.3) is 0 Å². The number of dihydropyridines is 1. The molecule has 12 nitrogen and oxygen atoms in total. The molecule has 0 saturated carbocycles. The lowest BCUT2D eigenvalue weighted by Crippen LogP contribution is -2.49. The van der Waals surface area contributed by atoms with Gasteiger partial charge in [-0.15, -0.1) is 0 Å². The summed E-state index contributed by atoms with van der Waals surface area (Å²) < 4.78 is 20.4. The van der Waals surface area contributed by atoms with Crippen molar-refractivity contribution in [3.8, 4) is 5.75 Å². The van der Waals surface area contributed by atoms with E-state index in [1.165, 1.54) is 0 Å². The summed E-state index contributed by atoms with van der Waals surface area (Å²) in [4.78, 5) is 26.3. The van der Waals surface area contributed by atoms with Gasteiger partial charge < -0.3 is 44.3 Å². The van der Waals surface area contributed by atoms with E-state index in [9.17, 15) is 9.90 Å². The largest absolute Gasteiger partial charge is 0.487 e. The third kappa shape index (κ3) is 6.68. The molecular formula is C39H50BN7O5. The second-order valence-corrected chi connectivity index (χ2v) is 15.1. The molecular weight excluding hydrogens is 657 g/mol. The van der Waals surface area contributed by atoms with Gasteiger partial charge >= 0.3 is 0 Å². The summed E-state index contributed by atoms with van der Waals surface area (Å²) in [5, 5.41) is 17.1. The van der Waals surface area contributed by atoms with Gasteiger partial charge in [-0.2, -0.15) is 0 Å². The number of benzene rings is 1. The van der Waals surface area contributed by atoms with E-state index in [2.05, 4.69) is 66.2 Å². The molecule has 4 unspecified atom stereocenters. The normalized spacial score (nSPS) is 25.4. The van der Waals surface area contributed by atoms with Crippen molar-refractivity contribution < 1.29 is 19.3 Å². The Kier molecular flexibility index (Phi) is 9.71. The molecule has 52 heavy (non-hydrogen) atoms. The van der Waals surface area contributed by atoms with Gasteiger partial charge in [-0.05, 0) is 68.7 Å². The lowest BCUT2D eigenvalue weighted by Gasteiger charge is -2.42. The Hall–Kier alpha value is -4.04. The number of rotatable bonds is 9. The molecule has 5 aliphatic rings. The quantitative estimate of drug-likeness (QED) is 0.286. The number of aromatic nitrogens is 2.